The van der Waals surface area contributed by atoms with E-state index in [1.165, 1.54) is 13.4 Å². The van der Waals surface area contributed by atoms with Gasteiger partial charge in [0.25, 0.3) is 0 Å². The number of aromatic nitrogens is 2. The van der Waals surface area contributed by atoms with Gasteiger partial charge < -0.3 is 19.3 Å². The molecule has 0 radical (unpaired) electrons. The molecule has 2 aliphatic heterocycles. The van der Waals surface area contributed by atoms with Crippen molar-refractivity contribution in [2.45, 2.75) is 31.1 Å². The van der Waals surface area contributed by atoms with Crippen molar-refractivity contribution in [3.8, 4) is 11.3 Å². The third-order valence-electron chi connectivity index (χ3n) is 6.20. The topological polar surface area (TPSA) is 122 Å². The number of carboxylic acids is 1. The maximum atomic E-state index is 12.7. The number of carbonyl (C=O) groups is 2. The first kappa shape index (κ1) is 27.6. The smallest absolute Gasteiger partial charge is 0.475 e. The van der Waals surface area contributed by atoms with Crippen molar-refractivity contribution >= 4 is 21.9 Å². The van der Waals surface area contributed by atoms with Gasteiger partial charge in [0, 0.05) is 33.3 Å². The average Bonchev–Trinajstić information content (AvgIpc) is 3.25. The monoisotopic (exact) mass is 532 g/mol. The highest BCUT2D eigenvalue weighted by Crippen LogP contribution is 2.43. The number of fused-ring (bicyclic) bond motifs is 2. The number of sulfonamides is 1. The number of alkyl halides is 3. The molecule has 1 fully saturated rings. The molecule has 2 aliphatic rings. The van der Waals surface area contributed by atoms with E-state index >= 15 is 0 Å². The number of hydrogen-bond donors (Lipinski definition) is 1. The van der Waals surface area contributed by atoms with Crippen molar-refractivity contribution in [3.63, 3.8) is 0 Å². The number of amides is 1. The Balaban J connectivity index is 0.000000454. The van der Waals surface area contributed by atoms with Crippen molar-refractivity contribution in [2.24, 2.45) is 0 Å². The van der Waals surface area contributed by atoms with Crippen molar-refractivity contribution < 1.29 is 41.0 Å². The van der Waals surface area contributed by atoms with Crippen molar-refractivity contribution in [3.05, 3.63) is 42.4 Å². The van der Waals surface area contributed by atoms with E-state index in [4.69, 9.17) is 19.6 Å². The number of halogens is 3. The van der Waals surface area contributed by atoms with E-state index in [0.29, 0.717) is 39.0 Å². The number of nitrogens with zero attached hydrogens (tertiary/aromatic N) is 4. The van der Waals surface area contributed by atoms with Crippen LogP contribution < -0.4 is 0 Å². The van der Waals surface area contributed by atoms with Crippen LogP contribution in [0, 0.1) is 0 Å². The van der Waals surface area contributed by atoms with Crippen LogP contribution in [-0.4, -0.2) is 89.9 Å². The summed E-state index contributed by atoms with van der Waals surface area (Å²) in [6.45, 7) is 1.94. The Bertz CT molecular complexity index is 1190. The molecule has 0 aliphatic carbocycles. The molecule has 36 heavy (non-hydrogen) atoms. The molecule has 1 saturated heterocycles. The minimum absolute atomic E-state index is 0.0373. The van der Waals surface area contributed by atoms with E-state index in [9.17, 15) is 26.4 Å². The zero-order chi connectivity index (χ0) is 26.7. The second-order valence-corrected chi connectivity index (χ2v) is 10.4. The van der Waals surface area contributed by atoms with E-state index in [0.717, 1.165) is 17.1 Å². The minimum atomic E-state index is -5.08. The molecule has 0 atom stereocenters. The lowest BCUT2D eigenvalue weighted by Crippen LogP contribution is -2.60. The van der Waals surface area contributed by atoms with Crippen molar-refractivity contribution in [2.75, 3.05) is 39.6 Å². The van der Waals surface area contributed by atoms with Crippen LogP contribution >= 0.6 is 0 Å². The highest BCUT2D eigenvalue weighted by atomic mass is 32.2. The van der Waals surface area contributed by atoms with Crippen LogP contribution in [0.2, 0.25) is 0 Å². The molecule has 0 unspecified atom stereocenters. The maximum absolute atomic E-state index is 12.7. The normalized spacial score (nSPS) is 17.8. The minimum Gasteiger partial charge on any atom is -0.475 e. The highest BCUT2D eigenvalue weighted by Gasteiger charge is 2.51. The van der Waals surface area contributed by atoms with E-state index < -0.39 is 27.7 Å². The standard InChI is InChI=1S/C20H26N4O4S.C2HF3O2/c1-28-15-18(25)22-10-8-20(9-11-22)19-21-14-17(16-6-4-3-5-7-16)23(19)12-13-24(20)29(2,26)27;3-2(4,5)1(6)7/h3-7,14H,8-13,15H2,1-2H3;(H,6,7). The second kappa shape index (κ2) is 10.6. The second-order valence-electron chi connectivity index (χ2n) is 8.47. The first-order chi connectivity index (χ1) is 16.8. The number of benzene rings is 1. The summed E-state index contributed by atoms with van der Waals surface area (Å²) in [7, 11) is -1.93. The number of piperidine rings is 1. The fraction of sp³-hybridized carbons (Fsp3) is 0.500. The highest BCUT2D eigenvalue weighted by molar-refractivity contribution is 7.88. The van der Waals surface area contributed by atoms with Gasteiger partial charge in [-0.15, -0.1) is 0 Å². The summed E-state index contributed by atoms with van der Waals surface area (Å²) in [5.74, 6) is -2.06. The fourth-order valence-corrected chi connectivity index (χ4v) is 5.94. The molecule has 4 rings (SSSR count). The predicted molar refractivity (Wildman–Crippen MR) is 122 cm³/mol. The van der Waals surface area contributed by atoms with Gasteiger partial charge in [-0.2, -0.15) is 17.5 Å². The van der Waals surface area contributed by atoms with Crippen LogP contribution in [0.5, 0.6) is 0 Å². The number of rotatable bonds is 4. The molecule has 1 aromatic carbocycles. The summed E-state index contributed by atoms with van der Waals surface area (Å²) in [5, 5.41) is 7.12. The van der Waals surface area contributed by atoms with Gasteiger partial charge in [0.05, 0.1) is 23.7 Å². The molecule has 0 bridgehead atoms. The van der Waals surface area contributed by atoms with Crippen molar-refractivity contribution in [1.82, 2.24) is 18.8 Å². The van der Waals surface area contributed by atoms with Gasteiger partial charge in [0.2, 0.25) is 15.9 Å². The van der Waals surface area contributed by atoms with Crippen LogP contribution in [-0.2, 0) is 36.4 Å². The summed E-state index contributed by atoms with van der Waals surface area (Å²) < 4.78 is 65.7. The molecule has 2 aromatic rings. The zero-order valence-electron chi connectivity index (χ0n) is 19.7. The Morgan fingerprint density at radius 1 is 1.11 bits per heavy atom. The lowest BCUT2D eigenvalue weighted by atomic mass is 9.85. The molecule has 14 heteroatoms. The Kier molecular flexibility index (Phi) is 8.10. The third kappa shape index (κ3) is 5.71. The maximum Gasteiger partial charge on any atom is 0.490 e. The number of aliphatic carboxylic acids is 1. The molecular formula is C22H27F3N4O6S. The van der Waals surface area contributed by atoms with Gasteiger partial charge >= 0.3 is 12.1 Å². The molecule has 3 heterocycles. The van der Waals surface area contributed by atoms with E-state index in [2.05, 4.69) is 4.57 Å². The molecule has 1 spiro atoms. The summed E-state index contributed by atoms with van der Waals surface area (Å²) in [5.41, 5.74) is 1.32. The summed E-state index contributed by atoms with van der Waals surface area (Å²) in [6, 6.07) is 10.0. The Labute approximate surface area is 206 Å². The first-order valence-electron chi connectivity index (χ1n) is 11.0. The number of methoxy groups -OCH3 is 1. The number of ether oxygens (including phenoxy) is 1. The summed E-state index contributed by atoms with van der Waals surface area (Å²) >= 11 is 0. The van der Waals surface area contributed by atoms with Gasteiger partial charge in [0.1, 0.15) is 12.4 Å². The fourth-order valence-electron chi connectivity index (χ4n) is 4.63. The number of carbonyl (C=O) groups excluding carboxylic acids is 1. The third-order valence-corrected chi connectivity index (χ3v) is 7.53. The van der Waals surface area contributed by atoms with E-state index in [-0.39, 0.29) is 12.5 Å². The summed E-state index contributed by atoms with van der Waals surface area (Å²) in [6.07, 6.45) is -0.962. The predicted octanol–water partition coefficient (Wildman–Crippen LogP) is 1.92. The lowest BCUT2D eigenvalue weighted by molar-refractivity contribution is -0.192. The van der Waals surface area contributed by atoms with E-state index in [1.807, 2.05) is 36.5 Å². The largest absolute Gasteiger partial charge is 0.490 e. The van der Waals surface area contributed by atoms with Crippen molar-refractivity contribution in [1.29, 1.82) is 0 Å². The molecule has 10 nitrogen and oxygen atoms in total. The SMILES string of the molecule is COCC(=O)N1CCC2(CC1)c1ncc(-c3ccccc3)n1CCN2S(C)(=O)=O.O=C(O)C(F)(F)F. The molecule has 0 saturated carbocycles. The van der Waals surface area contributed by atoms with Gasteiger partial charge in [-0.05, 0) is 18.4 Å². The number of imidazole rings is 1. The molecule has 1 N–H and O–H groups in total. The van der Waals surface area contributed by atoms with Crippen LogP contribution in [0.4, 0.5) is 13.2 Å². The van der Waals surface area contributed by atoms with Gasteiger partial charge in [-0.1, -0.05) is 30.3 Å². The van der Waals surface area contributed by atoms with Crippen LogP contribution in [0.15, 0.2) is 36.5 Å². The molecule has 1 aromatic heterocycles. The van der Waals surface area contributed by atoms with Crippen LogP contribution in [0.1, 0.15) is 18.7 Å². The molecule has 198 valence electrons. The zero-order valence-corrected chi connectivity index (χ0v) is 20.5. The Hall–Kier alpha value is -2.97. The van der Waals surface area contributed by atoms with Crippen LogP contribution in [0.25, 0.3) is 11.3 Å². The number of hydrogen-bond acceptors (Lipinski definition) is 6. The Morgan fingerprint density at radius 3 is 2.19 bits per heavy atom. The number of likely N-dealkylation sites (tertiary alicyclic amines) is 1. The van der Waals surface area contributed by atoms with Crippen LogP contribution in [0.3, 0.4) is 0 Å². The lowest BCUT2D eigenvalue weighted by Gasteiger charge is -2.49. The van der Waals surface area contributed by atoms with Gasteiger partial charge in [0.15, 0.2) is 0 Å². The molecule has 1 amide bonds. The van der Waals surface area contributed by atoms with E-state index in [1.54, 1.807) is 9.21 Å². The molecular weight excluding hydrogens is 505 g/mol. The summed E-state index contributed by atoms with van der Waals surface area (Å²) in [4.78, 5) is 27.6. The average molecular weight is 533 g/mol. The number of carboxylic acid groups (broad SMARTS) is 1. The first-order valence-corrected chi connectivity index (χ1v) is 12.8. The quantitative estimate of drug-likeness (QED) is 0.639. The van der Waals surface area contributed by atoms with Gasteiger partial charge in [-0.3, -0.25) is 4.79 Å². The Morgan fingerprint density at radius 2 is 1.69 bits per heavy atom. The van der Waals surface area contributed by atoms with Gasteiger partial charge in [-0.25, -0.2) is 18.2 Å².